The third-order valence-electron chi connectivity index (χ3n) is 5.33. The summed E-state index contributed by atoms with van der Waals surface area (Å²) in [5, 5.41) is 9.40. The second kappa shape index (κ2) is 8.37. The molecule has 9 nitrogen and oxygen atoms in total. The summed E-state index contributed by atoms with van der Waals surface area (Å²) in [6.45, 7) is 3.78. The molecule has 0 bridgehead atoms. The van der Waals surface area contributed by atoms with Crippen molar-refractivity contribution in [2.75, 3.05) is 39.0 Å². The first-order valence-corrected chi connectivity index (χ1v) is 9.96. The van der Waals surface area contributed by atoms with Crippen molar-refractivity contribution in [3.63, 3.8) is 0 Å². The highest BCUT2D eigenvalue weighted by atomic mass is 35.5. The average molecular weight is 431 g/mol. The predicted molar refractivity (Wildman–Crippen MR) is 114 cm³/mol. The molecule has 3 N–H and O–H groups in total. The molecule has 0 unspecified atom stereocenters. The zero-order valence-corrected chi connectivity index (χ0v) is 17.3. The Morgan fingerprint density at radius 2 is 1.97 bits per heavy atom. The van der Waals surface area contributed by atoms with E-state index in [9.17, 15) is 4.79 Å². The van der Waals surface area contributed by atoms with Gasteiger partial charge >= 0.3 is 6.09 Å². The molecule has 1 aliphatic rings. The Morgan fingerprint density at radius 3 is 2.67 bits per heavy atom. The Labute approximate surface area is 178 Å². The topological polar surface area (TPSA) is 110 Å². The van der Waals surface area contributed by atoms with Crippen molar-refractivity contribution in [2.24, 2.45) is 0 Å². The molecule has 4 rings (SSSR count). The molecule has 0 aliphatic carbocycles. The van der Waals surface area contributed by atoms with Crippen LogP contribution in [0.5, 0.6) is 5.75 Å². The quantitative estimate of drug-likeness (QED) is 0.598. The summed E-state index contributed by atoms with van der Waals surface area (Å²) < 4.78 is 7.60. The molecule has 158 valence electrons. The number of nitrogen functional groups attached to an aromatic ring is 1. The molecular formula is C20H23ClN6O3. The summed E-state index contributed by atoms with van der Waals surface area (Å²) in [6.07, 6.45) is 1.05. The average Bonchev–Trinajstić information content (AvgIpc) is 3.12. The number of benzene rings is 1. The molecular weight excluding hydrogens is 408 g/mol. The minimum absolute atomic E-state index is 0.149. The van der Waals surface area contributed by atoms with Gasteiger partial charge in [-0.25, -0.2) is 9.78 Å². The van der Waals surface area contributed by atoms with Gasteiger partial charge in [0, 0.05) is 44.5 Å². The minimum atomic E-state index is -0.855. The number of carbonyl (C=O) groups is 1. The Bertz CT molecular complexity index is 1080. The van der Waals surface area contributed by atoms with Gasteiger partial charge in [-0.05, 0) is 17.7 Å². The van der Waals surface area contributed by atoms with Gasteiger partial charge in [0.1, 0.15) is 11.3 Å². The van der Waals surface area contributed by atoms with Crippen molar-refractivity contribution < 1.29 is 14.6 Å². The first-order valence-electron chi connectivity index (χ1n) is 9.58. The van der Waals surface area contributed by atoms with Gasteiger partial charge in [-0.15, -0.1) is 0 Å². The number of carboxylic acid groups (broad SMARTS) is 1. The molecule has 1 aliphatic heterocycles. The van der Waals surface area contributed by atoms with E-state index in [2.05, 4.69) is 20.9 Å². The fourth-order valence-electron chi connectivity index (χ4n) is 3.77. The highest BCUT2D eigenvalue weighted by Gasteiger charge is 2.20. The van der Waals surface area contributed by atoms with E-state index < -0.39 is 6.09 Å². The smallest absolute Gasteiger partial charge is 0.407 e. The predicted octanol–water partition coefficient (Wildman–Crippen LogP) is 2.52. The second-order valence-electron chi connectivity index (χ2n) is 7.24. The number of piperazine rings is 1. The number of hydrogen-bond acceptors (Lipinski definition) is 6. The van der Waals surface area contributed by atoms with Gasteiger partial charge in [-0.3, -0.25) is 4.90 Å². The first kappa shape index (κ1) is 20.2. The summed E-state index contributed by atoms with van der Waals surface area (Å²) in [5.41, 5.74) is 9.22. The van der Waals surface area contributed by atoms with Gasteiger partial charge in [-0.2, -0.15) is 4.98 Å². The van der Waals surface area contributed by atoms with Crippen LogP contribution >= 0.6 is 11.6 Å². The SMILES string of the molecule is COc1cc(CN2CCN(C(=O)O)CC2)ccc1Cn1ccc2nc(N)nc(Cl)c21. The van der Waals surface area contributed by atoms with Crippen molar-refractivity contribution in [1.82, 2.24) is 24.3 Å². The molecule has 0 saturated carbocycles. The molecule has 10 heteroatoms. The standard InChI is InChI=1S/C20H23ClN6O3/c1-30-16-10-13(11-25-6-8-26(9-7-25)20(28)29)2-3-14(16)12-27-5-4-15-17(27)18(21)24-19(22)23-15/h2-5,10H,6-9,11-12H2,1H3,(H,28,29)(H2,22,23,24). The van der Waals surface area contributed by atoms with Crippen molar-refractivity contribution in [3.05, 3.63) is 46.7 Å². The van der Waals surface area contributed by atoms with Crippen LogP contribution in [0.3, 0.4) is 0 Å². The molecule has 0 atom stereocenters. The van der Waals surface area contributed by atoms with E-state index >= 15 is 0 Å². The van der Waals surface area contributed by atoms with Crippen molar-refractivity contribution in [3.8, 4) is 5.75 Å². The number of hydrogen-bond donors (Lipinski definition) is 2. The van der Waals surface area contributed by atoms with Crippen molar-refractivity contribution >= 4 is 34.7 Å². The lowest BCUT2D eigenvalue weighted by molar-refractivity contribution is 0.103. The highest BCUT2D eigenvalue weighted by molar-refractivity contribution is 6.33. The van der Waals surface area contributed by atoms with Crippen LogP contribution in [0.4, 0.5) is 10.7 Å². The van der Waals surface area contributed by atoms with E-state index in [1.54, 1.807) is 7.11 Å². The molecule has 1 saturated heterocycles. The molecule has 2 aromatic heterocycles. The normalized spacial score (nSPS) is 14.9. The molecule has 30 heavy (non-hydrogen) atoms. The number of aromatic nitrogens is 3. The zero-order chi connectivity index (χ0) is 21.3. The van der Waals surface area contributed by atoms with Crippen LogP contribution in [0.1, 0.15) is 11.1 Å². The molecule has 0 spiro atoms. The number of halogens is 1. The van der Waals surface area contributed by atoms with Gasteiger partial charge in [0.15, 0.2) is 5.15 Å². The van der Waals surface area contributed by atoms with Crippen LogP contribution in [-0.4, -0.2) is 68.8 Å². The Morgan fingerprint density at radius 1 is 1.20 bits per heavy atom. The van der Waals surface area contributed by atoms with Crippen LogP contribution in [0, 0.1) is 0 Å². The second-order valence-corrected chi connectivity index (χ2v) is 7.60. The van der Waals surface area contributed by atoms with E-state index in [0.29, 0.717) is 43.4 Å². The Balaban J connectivity index is 1.50. The number of nitrogens with two attached hydrogens (primary N) is 1. The van der Waals surface area contributed by atoms with E-state index in [0.717, 1.165) is 28.9 Å². The van der Waals surface area contributed by atoms with Crippen LogP contribution in [0.25, 0.3) is 11.0 Å². The fraction of sp³-hybridized carbons (Fsp3) is 0.350. The summed E-state index contributed by atoms with van der Waals surface area (Å²) in [5.74, 6) is 0.933. The maximum atomic E-state index is 11.1. The Kier molecular flexibility index (Phi) is 5.65. The molecule has 3 heterocycles. The molecule has 1 fully saturated rings. The van der Waals surface area contributed by atoms with Crippen LogP contribution in [0.15, 0.2) is 30.5 Å². The van der Waals surface area contributed by atoms with Gasteiger partial charge in [0.2, 0.25) is 5.95 Å². The number of fused-ring (bicyclic) bond motifs is 1. The van der Waals surface area contributed by atoms with Crippen molar-refractivity contribution in [1.29, 1.82) is 0 Å². The Hall–Kier alpha value is -3.04. The number of ether oxygens (including phenoxy) is 1. The van der Waals surface area contributed by atoms with E-state index in [1.165, 1.54) is 4.90 Å². The van der Waals surface area contributed by atoms with Gasteiger partial charge in [-0.1, -0.05) is 23.7 Å². The summed E-state index contributed by atoms with van der Waals surface area (Å²) in [7, 11) is 1.65. The van der Waals surface area contributed by atoms with Crippen LogP contribution in [0.2, 0.25) is 5.15 Å². The number of methoxy groups -OCH3 is 1. The maximum Gasteiger partial charge on any atom is 0.407 e. The minimum Gasteiger partial charge on any atom is -0.496 e. The lowest BCUT2D eigenvalue weighted by Gasteiger charge is -2.33. The van der Waals surface area contributed by atoms with Crippen molar-refractivity contribution in [2.45, 2.75) is 13.1 Å². The number of nitrogens with zero attached hydrogens (tertiary/aromatic N) is 5. The van der Waals surface area contributed by atoms with E-state index in [-0.39, 0.29) is 5.95 Å². The monoisotopic (exact) mass is 430 g/mol. The summed E-state index contributed by atoms with van der Waals surface area (Å²) >= 11 is 6.28. The third kappa shape index (κ3) is 4.12. The molecule has 0 radical (unpaired) electrons. The third-order valence-corrected chi connectivity index (χ3v) is 5.59. The van der Waals surface area contributed by atoms with Gasteiger partial charge < -0.3 is 25.0 Å². The lowest BCUT2D eigenvalue weighted by atomic mass is 10.1. The molecule has 3 aromatic rings. The fourth-order valence-corrected chi connectivity index (χ4v) is 4.06. The lowest BCUT2D eigenvalue weighted by Crippen LogP contribution is -2.47. The molecule has 1 aromatic carbocycles. The van der Waals surface area contributed by atoms with E-state index in [4.69, 9.17) is 27.2 Å². The van der Waals surface area contributed by atoms with E-state index in [1.807, 2.05) is 29.0 Å². The highest BCUT2D eigenvalue weighted by Crippen LogP contribution is 2.27. The largest absolute Gasteiger partial charge is 0.496 e. The summed E-state index contributed by atoms with van der Waals surface area (Å²) in [6, 6.07) is 8.00. The molecule has 1 amide bonds. The van der Waals surface area contributed by atoms with Crippen LogP contribution in [-0.2, 0) is 13.1 Å². The maximum absolute atomic E-state index is 11.1. The number of rotatable bonds is 5. The van der Waals surface area contributed by atoms with Gasteiger partial charge in [0.05, 0.1) is 19.2 Å². The summed E-state index contributed by atoms with van der Waals surface area (Å²) in [4.78, 5) is 23.0. The van der Waals surface area contributed by atoms with Crippen LogP contribution < -0.4 is 10.5 Å². The zero-order valence-electron chi connectivity index (χ0n) is 16.6. The first-order chi connectivity index (χ1) is 14.4. The number of anilines is 1. The number of amides is 1. The van der Waals surface area contributed by atoms with Gasteiger partial charge in [0.25, 0.3) is 0 Å².